The fourth-order valence-electron chi connectivity index (χ4n) is 1.22. The van der Waals surface area contributed by atoms with Crippen molar-refractivity contribution in [2.45, 2.75) is 6.92 Å². The molecular formula is C12H15N3O2S. The maximum absolute atomic E-state index is 11.8. The Morgan fingerprint density at radius 3 is 2.78 bits per heavy atom. The highest BCUT2D eigenvalue weighted by Gasteiger charge is 2.10. The average Bonchev–Trinajstić information content (AvgIpc) is 2.79. The van der Waals surface area contributed by atoms with Crippen LogP contribution in [0.4, 0.5) is 0 Å². The highest BCUT2D eigenvalue weighted by atomic mass is 32.1. The summed E-state index contributed by atoms with van der Waals surface area (Å²) in [5, 5.41) is 7.12. The highest BCUT2D eigenvalue weighted by molar-refractivity contribution is 7.12. The molecule has 0 aliphatic heterocycles. The Bertz CT molecular complexity index is 485. The van der Waals surface area contributed by atoms with Gasteiger partial charge in [0.2, 0.25) is 5.91 Å². The topological polar surface area (TPSA) is 84.2 Å². The summed E-state index contributed by atoms with van der Waals surface area (Å²) in [5.41, 5.74) is 5.97. The second-order valence-corrected chi connectivity index (χ2v) is 4.32. The normalized spacial score (nSPS) is 9.22. The van der Waals surface area contributed by atoms with Gasteiger partial charge in [-0.15, -0.1) is 11.3 Å². The molecule has 0 spiro atoms. The van der Waals surface area contributed by atoms with Gasteiger partial charge in [0, 0.05) is 25.6 Å². The minimum atomic E-state index is -0.184. The van der Waals surface area contributed by atoms with Gasteiger partial charge in [-0.25, -0.2) is 0 Å². The van der Waals surface area contributed by atoms with Crippen LogP contribution < -0.4 is 16.4 Å². The van der Waals surface area contributed by atoms with Gasteiger partial charge in [0.05, 0.1) is 6.54 Å². The van der Waals surface area contributed by atoms with Gasteiger partial charge in [-0.2, -0.15) is 0 Å². The third-order valence-corrected chi connectivity index (χ3v) is 2.89. The summed E-state index contributed by atoms with van der Waals surface area (Å²) >= 11 is 1.33. The first-order valence-corrected chi connectivity index (χ1v) is 6.32. The molecule has 1 heterocycles. The third kappa shape index (κ3) is 4.57. The molecular weight excluding hydrogens is 250 g/mol. The molecule has 0 aliphatic rings. The molecule has 0 fully saturated rings. The lowest BCUT2D eigenvalue weighted by molar-refractivity contribution is -0.118. The first-order chi connectivity index (χ1) is 8.65. The van der Waals surface area contributed by atoms with Crippen molar-refractivity contribution in [3.63, 3.8) is 0 Å². The van der Waals surface area contributed by atoms with Crippen molar-refractivity contribution in [1.29, 1.82) is 0 Å². The van der Waals surface area contributed by atoms with Crippen LogP contribution in [0.5, 0.6) is 0 Å². The standard InChI is InChI=1S/C12H15N3O2S/c1-9(16)14-6-7-15-12(17)11-10(3-2-5-13)4-8-18-11/h4,8H,5-7,13H2,1H3,(H,14,16)(H,15,17). The van der Waals surface area contributed by atoms with E-state index in [-0.39, 0.29) is 18.4 Å². The molecule has 0 aromatic carbocycles. The number of amides is 2. The van der Waals surface area contributed by atoms with Crippen LogP contribution in [0.2, 0.25) is 0 Å². The van der Waals surface area contributed by atoms with Gasteiger partial charge < -0.3 is 16.4 Å². The van der Waals surface area contributed by atoms with Crippen molar-refractivity contribution < 1.29 is 9.59 Å². The molecule has 96 valence electrons. The molecule has 0 bridgehead atoms. The molecule has 5 nitrogen and oxygen atoms in total. The third-order valence-electron chi connectivity index (χ3n) is 1.98. The molecule has 0 atom stereocenters. The summed E-state index contributed by atoms with van der Waals surface area (Å²) in [5.74, 6) is 5.26. The molecule has 0 saturated carbocycles. The summed E-state index contributed by atoms with van der Waals surface area (Å²) in [6, 6.07) is 1.79. The molecule has 6 heteroatoms. The van der Waals surface area contributed by atoms with Crippen molar-refractivity contribution in [3.8, 4) is 11.8 Å². The molecule has 0 saturated heterocycles. The molecule has 0 unspecified atom stereocenters. The van der Waals surface area contributed by atoms with Crippen molar-refractivity contribution >= 4 is 23.2 Å². The number of carbonyl (C=O) groups is 2. The molecule has 1 rings (SSSR count). The van der Waals surface area contributed by atoms with Crippen molar-refractivity contribution in [3.05, 3.63) is 21.9 Å². The molecule has 2 amide bonds. The molecule has 1 aromatic heterocycles. The Labute approximate surface area is 110 Å². The van der Waals surface area contributed by atoms with Crippen LogP contribution in [-0.4, -0.2) is 31.4 Å². The van der Waals surface area contributed by atoms with Gasteiger partial charge in [0.25, 0.3) is 5.91 Å². The van der Waals surface area contributed by atoms with Gasteiger partial charge in [0.15, 0.2) is 0 Å². The summed E-state index contributed by atoms with van der Waals surface area (Å²) < 4.78 is 0. The summed E-state index contributed by atoms with van der Waals surface area (Å²) in [4.78, 5) is 23.0. The van der Waals surface area contributed by atoms with Gasteiger partial charge in [-0.1, -0.05) is 11.8 Å². The van der Waals surface area contributed by atoms with Crippen LogP contribution in [0.25, 0.3) is 0 Å². The predicted molar refractivity (Wildman–Crippen MR) is 71.3 cm³/mol. The Morgan fingerprint density at radius 1 is 1.39 bits per heavy atom. The molecule has 0 radical (unpaired) electrons. The van der Waals surface area contributed by atoms with Crippen LogP contribution in [0, 0.1) is 11.8 Å². The molecule has 1 aromatic rings. The largest absolute Gasteiger partial charge is 0.355 e. The van der Waals surface area contributed by atoms with E-state index in [1.165, 1.54) is 18.3 Å². The number of rotatable bonds is 4. The Balaban J connectivity index is 2.51. The number of hydrogen-bond acceptors (Lipinski definition) is 4. The van der Waals surface area contributed by atoms with Crippen LogP contribution >= 0.6 is 11.3 Å². The number of nitrogens with two attached hydrogens (primary N) is 1. The second-order valence-electron chi connectivity index (χ2n) is 3.41. The zero-order valence-electron chi connectivity index (χ0n) is 10.1. The first-order valence-electron chi connectivity index (χ1n) is 5.44. The maximum Gasteiger partial charge on any atom is 0.262 e. The zero-order valence-corrected chi connectivity index (χ0v) is 10.9. The van der Waals surface area contributed by atoms with Crippen LogP contribution in [-0.2, 0) is 4.79 Å². The predicted octanol–water partition coefficient (Wildman–Crippen LogP) is -0.0758. The minimum Gasteiger partial charge on any atom is -0.355 e. The van der Waals surface area contributed by atoms with Gasteiger partial charge in [0.1, 0.15) is 4.88 Å². The fourth-order valence-corrected chi connectivity index (χ4v) is 1.99. The van der Waals surface area contributed by atoms with E-state index in [0.29, 0.717) is 23.5 Å². The summed E-state index contributed by atoms with van der Waals surface area (Å²) in [6.45, 7) is 2.50. The summed E-state index contributed by atoms with van der Waals surface area (Å²) in [7, 11) is 0. The Hall–Kier alpha value is -1.84. The first kappa shape index (κ1) is 14.2. The van der Waals surface area contributed by atoms with Crippen molar-refractivity contribution in [1.82, 2.24) is 10.6 Å². The highest BCUT2D eigenvalue weighted by Crippen LogP contribution is 2.15. The van der Waals surface area contributed by atoms with E-state index in [1.54, 1.807) is 6.07 Å². The van der Waals surface area contributed by atoms with E-state index < -0.39 is 0 Å². The molecule has 0 aliphatic carbocycles. The van der Waals surface area contributed by atoms with E-state index in [9.17, 15) is 9.59 Å². The van der Waals surface area contributed by atoms with E-state index in [2.05, 4.69) is 22.5 Å². The summed E-state index contributed by atoms with van der Waals surface area (Å²) in [6.07, 6.45) is 0. The van der Waals surface area contributed by atoms with Gasteiger partial charge in [-0.05, 0) is 11.4 Å². The number of carbonyl (C=O) groups excluding carboxylic acids is 2. The van der Waals surface area contributed by atoms with Gasteiger partial charge in [-0.3, -0.25) is 9.59 Å². The number of thiophene rings is 1. The SMILES string of the molecule is CC(=O)NCCNC(=O)c1sccc1C#CCN. The fraction of sp³-hybridized carbons (Fsp3) is 0.333. The molecule has 18 heavy (non-hydrogen) atoms. The lowest BCUT2D eigenvalue weighted by Crippen LogP contribution is -2.33. The monoisotopic (exact) mass is 265 g/mol. The van der Waals surface area contributed by atoms with Crippen molar-refractivity contribution in [2.24, 2.45) is 5.73 Å². The van der Waals surface area contributed by atoms with Gasteiger partial charge >= 0.3 is 0 Å². The van der Waals surface area contributed by atoms with Crippen LogP contribution in [0.15, 0.2) is 11.4 Å². The maximum atomic E-state index is 11.8. The quantitative estimate of drug-likeness (QED) is 0.526. The molecule has 4 N–H and O–H groups in total. The zero-order chi connectivity index (χ0) is 13.4. The smallest absolute Gasteiger partial charge is 0.262 e. The Kier molecular flexibility index (Phi) is 5.91. The lowest BCUT2D eigenvalue weighted by Gasteiger charge is -2.04. The van der Waals surface area contributed by atoms with Crippen LogP contribution in [0.3, 0.4) is 0 Å². The van der Waals surface area contributed by atoms with E-state index in [4.69, 9.17) is 5.73 Å². The van der Waals surface area contributed by atoms with E-state index >= 15 is 0 Å². The van der Waals surface area contributed by atoms with Crippen molar-refractivity contribution in [2.75, 3.05) is 19.6 Å². The number of hydrogen-bond donors (Lipinski definition) is 3. The van der Waals surface area contributed by atoms with Crippen LogP contribution in [0.1, 0.15) is 22.2 Å². The lowest BCUT2D eigenvalue weighted by atomic mass is 10.2. The minimum absolute atomic E-state index is 0.116. The Morgan fingerprint density at radius 2 is 2.11 bits per heavy atom. The second kappa shape index (κ2) is 7.48. The average molecular weight is 265 g/mol. The number of nitrogens with one attached hydrogen (secondary N) is 2. The van der Waals surface area contributed by atoms with E-state index in [0.717, 1.165) is 0 Å². The van der Waals surface area contributed by atoms with E-state index in [1.807, 2.05) is 5.38 Å².